The zero-order chi connectivity index (χ0) is 52.5. The van der Waals surface area contributed by atoms with Gasteiger partial charge in [0.25, 0.3) is 0 Å². The van der Waals surface area contributed by atoms with E-state index >= 15 is 0 Å². The molecule has 0 spiro atoms. The predicted octanol–water partition coefficient (Wildman–Crippen LogP) is 0.0692. The highest BCUT2D eigenvalue weighted by Gasteiger charge is 2.59. The number of benzene rings is 2. The van der Waals surface area contributed by atoms with Crippen LogP contribution in [0.5, 0.6) is 0 Å². The van der Waals surface area contributed by atoms with Gasteiger partial charge in [-0.25, -0.2) is 19.0 Å². The molecule has 0 unspecified atom stereocenters. The van der Waals surface area contributed by atoms with Crippen molar-refractivity contribution in [2.75, 3.05) is 24.7 Å². The van der Waals surface area contributed by atoms with E-state index in [9.17, 15) is 55.5 Å². The maximum atomic E-state index is 12.3. The first-order valence-electron chi connectivity index (χ1n) is 22.3. The van der Waals surface area contributed by atoms with Gasteiger partial charge in [0.2, 0.25) is 11.2 Å². The number of aliphatic hydroxyl groups is 5. The fraction of sp³-hybridized carbons (Fsp3) is 0.396. The maximum absolute atomic E-state index is 12.3. The van der Waals surface area contributed by atoms with Crippen molar-refractivity contribution in [3.05, 3.63) is 120 Å². The number of carbonyl (C=O) groups is 3. The molecule has 2 saturated heterocycles. The third kappa shape index (κ3) is 11.6. The van der Waals surface area contributed by atoms with E-state index in [0.29, 0.717) is 17.5 Å². The number of carboxylic acid groups (broad SMARTS) is 1. The molecule has 2 fully saturated rings. The van der Waals surface area contributed by atoms with Crippen molar-refractivity contribution in [3.8, 4) is 12.1 Å². The van der Waals surface area contributed by atoms with Crippen molar-refractivity contribution in [3.63, 3.8) is 0 Å². The average Bonchev–Trinajstić information content (AvgIpc) is 4.12. The lowest BCUT2D eigenvalue weighted by atomic mass is 9.92. The highest BCUT2D eigenvalue weighted by molar-refractivity contribution is 5.79. The summed E-state index contributed by atoms with van der Waals surface area (Å²) in [5.74, 6) is -2.52. The van der Waals surface area contributed by atoms with E-state index in [4.69, 9.17) is 36.1 Å². The van der Waals surface area contributed by atoms with Crippen LogP contribution in [0.15, 0.2) is 97.6 Å². The van der Waals surface area contributed by atoms with Gasteiger partial charge in [-0.15, -0.1) is 0 Å². The van der Waals surface area contributed by atoms with Gasteiger partial charge in [0.1, 0.15) is 90.7 Å². The Morgan fingerprint density at radius 1 is 0.750 bits per heavy atom. The highest BCUT2D eigenvalue weighted by atomic mass is 16.6. The van der Waals surface area contributed by atoms with Crippen molar-refractivity contribution in [1.82, 2.24) is 29.2 Å². The van der Waals surface area contributed by atoms with E-state index in [1.165, 1.54) is 33.8 Å². The third-order valence-corrected chi connectivity index (χ3v) is 11.7. The number of hydrogen-bond donors (Lipinski definition) is 9. The van der Waals surface area contributed by atoms with Crippen LogP contribution < -0.4 is 17.2 Å². The number of esters is 2. The van der Waals surface area contributed by atoms with Crippen LogP contribution in [0.4, 0.5) is 11.6 Å². The van der Waals surface area contributed by atoms with Crippen LogP contribution in [0.2, 0.25) is 0 Å². The lowest BCUT2D eigenvalue weighted by Gasteiger charge is -2.24. The van der Waals surface area contributed by atoms with Gasteiger partial charge in [0.05, 0.1) is 30.3 Å². The molecule has 4 aromatic heterocycles. The molecule has 2 aliphatic rings. The molecule has 24 nitrogen and oxygen atoms in total. The highest BCUT2D eigenvalue weighted by Crippen LogP contribution is 2.42. The summed E-state index contributed by atoms with van der Waals surface area (Å²) in [7, 11) is 0. The average molecular weight is 994 g/mol. The molecule has 2 aromatic carbocycles. The number of anilines is 2. The van der Waals surface area contributed by atoms with Gasteiger partial charge in [-0.3, -0.25) is 14.4 Å². The Morgan fingerprint density at radius 2 is 1.21 bits per heavy atom. The number of carboxylic acids is 1. The number of nitrogens with zero attached hydrogens (tertiary/aromatic N) is 8. The van der Waals surface area contributed by atoms with Gasteiger partial charge in [0.15, 0.2) is 11.6 Å². The zero-order valence-corrected chi connectivity index (χ0v) is 39.2. The number of fused-ring (bicyclic) bond motifs is 2. The lowest BCUT2D eigenvalue weighted by molar-refractivity contribution is -0.159. The molecule has 0 bridgehead atoms. The Kier molecular flexibility index (Phi) is 16.9. The van der Waals surface area contributed by atoms with Crippen LogP contribution in [0.25, 0.3) is 11.0 Å². The van der Waals surface area contributed by atoms with E-state index in [2.05, 4.69) is 20.2 Å². The van der Waals surface area contributed by atoms with Gasteiger partial charge < -0.3 is 66.8 Å². The number of aliphatic hydroxyl groups excluding tert-OH is 5. The first kappa shape index (κ1) is 53.7. The minimum atomic E-state index is -1.96. The van der Waals surface area contributed by atoms with E-state index in [-0.39, 0.29) is 35.9 Å². The standard InChI is InChI=1S/C21H22N6O5.C15H20O4.C12H13N5O4/c22-10-21(16-7-6-14-19(24)25-11-26-27(14)16)18(29)17(28)15(32-21)9-31-20(30)13(23)8-12-4-2-1-3-5-12;1-15(2,3)19-13(16)10-12(14(17)18)9-11-7-5-4-6-8-11;13-4-12(10(20)9(19)7(3-18)21-12)8-2-1-6-11(14)15-5-16-17(6)8/h1-7,11,13,15,17-18,28-29H,8-9,23H2,(H2,24,25,26);4-8,12H,9-10H2,1-3H3,(H,17,18);1-2,5,7,9-10,18-20H,3H2,(H2,14,15,16)/t13-,15+,17+,18+,21-;12-;7-,9-,10-,12+/m011/s1. The lowest BCUT2D eigenvalue weighted by Crippen LogP contribution is -2.41. The number of nitrogen functional groups attached to an aromatic ring is 2. The number of rotatable bonds is 13. The molecule has 0 radical (unpaired) electrons. The third-order valence-electron chi connectivity index (χ3n) is 11.7. The fourth-order valence-corrected chi connectivity index (χ4v) is 8.07. The number of nitriles is 2. The number of carbonyl (C=O) groups excluding carboxylic acids is 2. The molecule has 0 amide bonds. The molecule has 6 heterocycles. The molecule has 72 heavy (non-hydrogen) atoms. The van der Waals surface area contributed by atoms with Crippen molar-refractivity contribution in [2.45, 2.75) is 99.5 Å². The zero-order valence-electron chi connectivity index (χ0n) is 39.2. The topological polar surface area (TPSA) is 396 Å². The van der Waals surface area contributed by atoms with E-state index in [1.807, 2.05) is 72.8 Å². The minimum absolute atomic E-state index is 0.110. The first-order valence-corrected chi connectivity index (χ1v) is 22.3. The molecular formula is C48H55N11O13. The quantitative estimate of drug-likeness (QED) is 0.0691. The van der Waals surface area contributed by atoms with Crippen molar-refractivity contribution in [2.24, 2.45) is 11.7 Å². The largest absolute Gasteiger partial charge is 0.481 e. The Balaban J connectivity index is 0.000000185. The van der Waals surface area contributed by atoms with E-state index < -0.39 is 96.5 Å². The van der Waals surface area contributed by atoms with Crippen molar-refractivity contribution >= 4 is 40.6 Å². The Bertz CT molecular complexity index is 2920. The molecule has 10 atom stereocenters. The second-order valence-corrected chi connectivity index (χ2v) is 17.8. The summed E-state index contributed by atoms with van der Waals surface area (Å²) in [5.41, 5.74) is 16.1. The second kappa shape index (κ2) is 22.6. The molecule has 0 aliphatic carbocycles. The number of aromatic nitrogens is 6. The number of nitrogens with two attached hydrogens (primary N) is 3. The summed E-state index contributed by atoms with van der Waals surface area (Å²) in [6, 6.07) is 27.5. The van der Waals surface area contributed by atoms with Crippen LogP contribution in [0.3, 0.4) is 0 Å². The molecule has 8 rings (SSSR count). The van der Waals surface area contributed by atoms with Crippen LogP contribution in [0.1, 0.15) is 49.7 Å². The Labute approximate surface area is 411 Å². The van der Waals surface area contributed by atoms with Crippen molar-refractivity contribution in [1.29, 1.82) is 10.5 Å². The van der Waals surface area contributed by atoms with Gasteiger partial charge in [0, 0.05) is 0 Å². The number of hydrogen-bond acceptors (Lipinski definition) is 21. The Morgan fingerprint density at radius 3 is 1.64 bits per heavy atom. The summed E-state index contributed by atoms with van der Waals surface area (Å²) in [5, 5.41) is 87.1. The Hall–Kier alpha value is -7.65. The van der Waals surface area contributed by atoms with Gasteiger partial charge >= 0.3 is 17.9 Å². The maximum Gasteiger partial charge on any atom is 0.323 e. The second-order valence-electron chi connectivity index (χ2n) is 17.8. The van der Waals surface area contributed by atoms with Crippen LogP contribution in [0, 0.1) is 28.6 Å². The van der Waals surface area contributed by atoms with Crippen LogP contribution in [-0.4, -0.2) is 139 Å². The number of aliphatic carboxylic acids is 1. The molecule has 12 N–H and O–H groups in total. The normalized spacial score (nSPS) is 24.4. The van der Waals surface area contributed by atoms with Gasteiger partial charge in [-0.05, 0) is 69.0 Å². The summed E-state index contributed by atoms with van der Waals surface area (Å²) in [6.07, 6.45) is -5.39. The summed E-state index contributed by atoms with van der Waals surface area (Å²) < 4.78 is 24.2. The molecule has 6 aromatic rings. The van der Waals surface area contributed by atoms with Crippen LogP contribution >= 0.6 is 0 Å². The van der Waals surface area contributed by atoms with E-state index in [0.717, 1.165) is 11.1 Å². The fourth-order valence-electron chi connectivity index (χ4n) is 8.07. The monoisotopic (exact) mass is 993 g/mol. The summed E-state index contributed by atoms with van der Waals surface area (Å²) >= 11 is 0. The summed E-state index contributed by atoms with van der Waals surface area (Å²) in [6.45, 7) is 4.36. The molecule has 0 saturated carbocycles. The van der Waals surface area contributed by atoms with Crippen molar-refractivity contribution < 1.29 is 64.0 Å². The van der Waals surface area contributed by atoms with Gasteiger partial charge in [-0.2, -0.15) is 20.7 Å². The van der Waals surface area contributed by atoms with Gasteiger partial charge in [-0.1, -0.05) is 60.7 Å². The molecular weight excluding hydrogens is 939 g/mol. The number of ether oxygens (including phenoxy) is 4. The summed E-state index contributed by atoms with van der Waals surface area (Å²) in [4.78, 5) is 42.9. The van der Waals surface area contributed by atoms with E-state index in [1.54, 1.807) is 32.9 Å². The minimum Gasteiger partial charge on any atom is -0.481 e. The smallest absolute Gasteiger partial charge is 0.323 e. The molecule has 24 heteroatoms. The SMILES string of the molecule is CC(C)(C)OC(=O)C[C@@H](Cc1ccccc1)C(=O)O.N#C[C@@]1(c2ccc3c(N)ncnn23)O[C@H](CO)[C@@H](O)[C@H]1O.N#C[C@@]1(c2ccc3c(N)ncnn23)O[C@H](COC(=O)[C@@H](N)Cc2ccccc2)[C@@H](O)[C@H]1O. The molecule has 2 aliphatic heterocycles. The molecule has 380 valence electrons. The first-order chi connectivity index (χ1) is 34.2. The van der Waals surface area contributed by atoms with Crippen LogP contribution in [-0.2, 0) is 57.4 Å². The predicted molar refractivity (Wildman–Crippen MR) is 251 cm³/mol.